The predicted octanol–water partition coefficient (Wildman–Crippen LogP) is -9.03. The van der Waals surface area contributed by atoms with Gasteiger partial charge in [0.25, 0.3) is 0 Å². The smallest absolute Gasteiger partial charge is 1.00 e. The molecule has 0 aliphatic carbocycles. The SMILES string of the molecule is O=C(O)O.[Ca+2].[Cl-].[Cl-].[H-].[Li+]. The van der Waals surface area contributed by atoms with E-state index in [2.05, 4.69) is 0 Å². The van der Waals surface area contributed by atoms with Crippen molar-refractivity contribution < 1.29 is 60.1 Å². The van der Waals surface area contributed by atoms with E-state index in [4.69, 9.17) is 15.0 Å². The summed E-state index contributed by atoms with van der Waals surface area (Å²) in [6.45, 7) is 0. The van der Waals surface area contributed by atoms with Gasteiger partial charge in [-0.25, -0.2) is 4.79 Å². The van der Waals surface area contributed by atoms with E-state index in [0.717, 1.165) is 0 Å². The van der Waals surface area contributed by atoms with Crippen LogP contribution in [0.2, 0.25) is 0 Å². The van der Waals surface area contributed by atoms with Crippen molar-refractivity contribution in [2.45, 2.75) is 0 Å². The average Bonchev–Trinajstić information content (AvgIpc) is 0.811. The fourth-order valence-corrected chi connectivity index (χ4v) is 0. The van der Waals surface area contributed by atoms with Gasteiger partial charge in [-0.1, -0.05) is 0 Å². The van der Waals surface area contributed by atoms with Gasteiger partial charge >= 0.3 is 62.8 Å². The molecule has 0 saturated heterocycles. The second-order valence-corrected chi connectivity index (χ2v) is 0.283. The quantitative estimate of drug-likeness (QED) is 0.365. The number of carbonyl (C=O) groups is 1. The molecule has 0 bridgehead atoms. The third-order valence-electron chi connectivity index (χ3n) is 0. The zero-order valence-electron chi connectivity index (χ0n) is 5.27. The van der Waals surface area contributed by atoms with Gasteiger partial charge < -0.3 is 36.5 Å². The van der Waals surface area contributed by atoms with Crippen LogP contribution in [0.3, 0.4) is 0 Å². The molecule has 0 aliphatic rings. The summed E-state index contributed by atoms with van der Waals surface area (Å²) in [5.74, 6) is 0. The molecule has 0 aromatic rings. The van der Waals surface area contributed by atoms with Crippen LogP contribution in [0, 0.1) is 0 Å². The molecule has 0 aromatic heterocycles. The van der Waals surface area contributed by atoms with E-state index >= 15 is 0 Å². The second kappa shape index (κ2) is 23.3. The van der Waals surface area contributed by atoms with E-state index in [1.165, 1.54) is 0 Å². The molecular weight excluding hydrogens is 178 g/mol. The van der Waals surface area contributed by atoms with Gasteiger partial charge in [0.15, 0.2) is 0 Å². The minimum absolute atomic E-state index is 0. The van der Waals surface area contributed by atoms with Gasteiger partial charge in [-0.2, -0.15) is 0 Å². The zero-order chi connectivity index (χ0) is 3.58. The second-order valence-electron chi connectivity index (χ2n) is 0.283. The molecule has 3 nitrogen and oxygen atoms in total. The van der Waals surface area contributed by atoms with E-state index in [1.807, 2.05) is 0 Å². The Kier molecular flexibility index (Phi) is 96.9. The number of rotatable bonds is 0. The monoisotopic (exact) mass is 180 g/mol. The molecular formula is CH3CaCl2LiO3. The summed E-state index contributed by atoms with van der Waals surface area (Å²) in [6.07, 6.45) is -1.83. The molecule has 0 fully saturated rings. The largest absolute Gasteiger partial charge is 2.00 e. The number of hydrogen-bond acceptors (Lipinski definition) is 1. The Hall–Kier alpha value is 1.71. The van der Waals surface area contributed by atoms with Crippen molar-refractivity contribution in [2.75, 3.05) is 0 Å². The van der Waals surface area contributed by atoms with Gasteiger partial charge in [-0.15, -0.1) is 0 Å². The van der Waals surface area contributed by atoms with Crippen LogP contribution < -0.4 is 43.7 Å². The van der Waals surface area contributed by atoms with Crippen LogP contribution in [0.4, 0.5) is 4.79 Å². The molecule has 2 N–H and O–H groups in total. The van der Waals surface area contributed by atoms with E-state index in [-0.39, 0.29) is 82.8 Å². The molecule has 0 amide bonds. The Morgan fingerprint density at radius 2 is 1.25 bits per heavy atom. The first kappa shape index (κ1) is 33.2. The summed E-state index contributed by atoms with van der Waals surface area (Å²) in [5.41, 5.74) is 0. The molecule has 0 aliphatic heterocycles. The zero-order valence-corrected chi connectivity index (χ0v) is 7.99. The van der Waals surface area contributed by atoms with Crippen molar-refractivity contribution in [2.24, 2.45) is 0 Å². The third kappa shape index (κ3) is 119. The molecule has 42 valence electrons. The van der Waals surface area contributed by atoms with Crippen molar-refractivity contribution in [1.29, 1.82) is 0 Å². The van der Waals surface area contributed by atoms with E-state index < -0.39 is 6.16 Å². The van der Waals surface area contributed by atoms with Crippen LogP contribution in [0.25, 0.3) is 0 Å². The van der Waals surface area contributed by atoms with Crippen molar-refractivity contribution in [1.82, 2.24) is 0 Å². The van der Waals surface area contributed by atoms with E-state index in [1.54, 1.807) is 0 Å². The molecule has 8 heavy (non-hydrogen) atoms. The summed E-state index contributed by atoms with van der Waals surface area (Å²) in [4.78, 5) is 8.56. The summed E-state index contributed by atoms with van der Waals surface area (Å²) in [6, 6.07) is 0. The van der Waals surface area contributed by atoms with Crippen molar-refractivity contribution >= 4 is 43.9 Å². The van der Waals surface area contributed by atoms with Gasteiger partial charge in [0.05, 0.1) is 0 Å². The maximum atomic E-state index is 8.56. The maximum absolute atomic E-state index is 8.56. The Labute approximate surface area is 103 Å². The Morgan fingerprint density at radius 1 is 1.25 bits per heavy atom. The molecule has 0 atom stereocenters. The van der Waals surface area contributed by atoms with Gasteiger partial charge in [0, 0.05) is 0 Å². The fraction of sp³-hybridized carbons (Fsp3) is 0. The van der Waals surface area contributed by atoms with Crippen molar-refractivity contribution in [3.05, 3.63) is 0 Å². The Morgan fingerprint density at radius 3 is 1.25 bits per heavy atom. The van der Waals surface area contributed by atoms with Gasteiger partial charge in [0.2, 0.25) is 0 Å². The molecule has 0 unspecified atom stereocenters. The summed E-state index contributed by atoms with van der Waals surface area (Å²) in [5, 5.41) is 13.9. The van der Waals surface area contributed by atoms with Crippen LogP contribution in [-0.4, -0.2) is 54.1 Å². The Bertz CT molecular complexity index is 44.8. The van der Waals surface area contributed by atoms with Crippen LogP contribution in [0.5, 0.6) is 0 Å². The minimum Gasteiger partial charge on any atom is -1.00 e. The summed E-state index contributed by atoms with van der Waals surface area (Å²) in [7, 11) is 0. The topological polar surface area (TPSA) is 57.5 Å². The predicted molar refractivity (Wildman–Crippen MR) is 17.5 cm³/mol. The fourth-order valence-electron chi connectivity index (χ4n) is 0. The first-order valence-corrected chi connectivity index (χ1v) is 0.651. The summed E-state index contributed by atoms with van der Waals surface area (Å²) >= 11 is 0. The normalized spacial score (nSPS) is 3.00. The van der Waals surface area contributed by atoms with E-state index in [9.17, 15) is 0 Å². The first-order valence-electron chi connectivity index (χ1n) is 0.651. The van der Waals surface area contributed by atoms with E-state index in [0.29, 0.717) is 0 Å². The average molecular weight is 181 g/mol. The summed E-state index contributed by atoms with van der Waals surface area (Å²) < 4.78 is 0. The number of hydrogen-bond donors (Lipinski definition) is 2. The van der Waals surface area contributed by atoms with Gasteiger partial charge in [0.1, 0.15) is 0 Å². The Balaban J connectivity index is -0.00000000450. The van der Waals surface area contributed by atoms with Crippen LogP contribution in [0.15, 0.2) is 0 Å². The molecule has 0 aromatic carbocycles. The molecule has 7 heteroatoms. The number of halogens is 2. The molecule has 0 heterocycles. The minimum atomic E-state index is -1.83. The molecule has 0 radical (unpaired) electrons. The van der Waals surface area contributed by atoms with Gasteiger partial charge in [-0.3, -0.25) is 0 Å². The first-order chi connectivity index (χ1) is 1.73. The van der Waals surface area contributed by atoms with Crippen molar-refractivity contribution in [3.8, 4) is 0 Å². The van der Waals surface area contributed by atoms with Gasteiger partial charge in [-0.05, 0) is 0 Å². The molecule has 0 saturated carbocycles. The molecule has 0 spiro atoms. The third-order valence-corrected chi connectivity index (χ3v) is 0. The molecule has 0 rings (SSSR count). The maximum Gasteiger partial charge on any atom is 2.00 e. The van der Waals surface area contributed by atoms with Crippen molar-refractivity contribution in [3.63, 3.8) is 0 Å². The van der Waals surface area contributed by atoms with Crippen LogP contribution >= 0.6 is 0 Å². The number of carboxylic acid groups (broad SMARTS) is 2. The van der Waals surface area contributed by atoms with Crippen LogP contribution in [-0.2, 0) is 0 Å². The van der Waals surface area contributed by atoms with Crippen LogP contribution in [0.1, 0.15) is 1.43 Å². The standard InChI is InChI=1S/CH2O3.Ca.2ClH.Li.H/c2-1(3)4;;;;;/h(H2,2,3,4);;2*1H;;/q;+2;;;+1;-1/p-2.